The fourth-order valence-electron chi connectivity index (χ4n) is 2.54. The van der Waals surface area contributed by atoms with Gasteiger partial charge in [0, 0.05) is 18.8 Å². The first-order chi connectivity index (χ1) is 10.7. The van der Waals surface area contributed by atoms with Crippen LogP contribution in [0.2, 0.25) is 0 Å². The van der Waals surface area contributed by atoms with E-state index in [2.05, 4.69) is 14.9 Å². The first-order valence-corrected chi connectivity index (χ1v) is 8.12. The molecule has 116 valence electrons. The number of H-pyrrole nitrogens is 1. The topological polar surface area (TPSA) is 75.3 Å². The molecule has 1 fully saturated rings. The Kier molecular flexibility index (Phi) is 4.44. The van der Waals surface area contributed by atoms with E-state index < -0.39 is 0 Å². The van der Waals surface area contributed by atoms with Gasteiger partial charge in [0.25, 0.3) is 5.56 Å². The van der Waals surface area contributed by atoms with Gasteiger partial charge in [-0.2, -0.15) is 0 Å². The van der Waals surface area contributed by atoms with Crippen LogP contribution in [-0.2, 0) is 16.1 Å². The summed E-state index contributed by atoms with van der Waals surface area (Å²) in [6.07, 6.45) is 0. The maximum Gasteiger partial charge on any atom is 0.320 e. The van der Waals surface area contributed by atoms with Crippen LogP contribution in [0.25, 0.3) is 10.9 Å². The number of ether oxygens (including phenoxy) is 1. The molecule has 0 radical (unpaired) electrons. The summed E-state index contributed by atoms with van der Waals surface area (Å²) in [7, 11) is 1.41. The zero-order valence-electron chi connectivity index (χ0n) is 12.2. The lowest BCUT2D eigenvalue weighted by atomic mass is 10.2. The van der Waals surface area contributed by atoms with Gasteiger partial charge in [0.15, 0.2) is 0 Å². The second-order valence-electron chi connectivity index (χ2n) is 5.15. The minimum Gasteiger partial charge on any atom is -0.468 e. The van der Waals surface area contributed by atoms with Gasteiger partial charge in [0.1, 0.15) is 11.1 Å². The van der Waals surface area contributed by atoms with Crippen molar-refractivity contribution in [3.8, 4) is 0 Å². The average molecular weight is 319 g/mol. The Labute approximate surface area is 131 Å². The molecule has 1 atom stereocenters. The SMILES string of the molecule is COC(=O)[C@@H]1CN(Cc2nc3ccccc3c(=O)[nH]2)CCS1. The van der Waals surface area contributed by atoms with Crippen molar-refractivity contribution in [1.82, 2.24) is 14.9 Å². The highest BCUT2D eigenvalue weighted by atomic mass is 32.2. The monoisotopic (exact) mass is 319 g/mol. The van der Waals surface area contributed by atoms with Gasteiger partial charge >= 0.3 is 5.97 Å². The van der Waals surface area contributed by atoms with Crippen LogP contribution in [0.3, 0.4) is 0 Å². The number of hydrogen-bond donors (Lipinski definition) is 1. The van der Waals surface area contributed by atoms with Crippen LogP contribution in [0, 0.1) is 0 Å². The number of aromatic amines is 1. The van der Waals surface area contributed by atoms with Gasteiger partial charge in [-0.1, -0.05) is 12.1 Å². The quantitative estimate of drug-likeness (QED) is 0.851. The van der Waals surface area contributed by atoms with Crippen molar-refractivity contribution in [2.75, 3.05) is 26.0 Å². The first kappa shape index (κ1) is 15.1. The van der Waals surface area contributed by atoms with Crippen molar-refractivity contribution in [3.63, 3.8) is 0 Å². The summed E-state index contributed by atoms with van der Waals surface area (Å²) in [6, 6.07) is 7.28. The van der Waals surface area contributed by atoms with Gasteiger partial charge in [-0.3, -0.25) is 14.5 Å². The smallest absolute Gasteiger partial charge is 0.320 e. The fraction of sp³-hybridized carbons (Fsp3) is 0.400. The Morgan fingerprint density at radius 2 is 2.32 bits per heavy atom. The van der Waals surface area contributed by atoms with E-state index in [4.69, 9.17) is 4.74 Å². The van der Waals surface area contributed by atoms with E-state index in [0.717, 1.165) is 12.3 Å². The van der Waals surface area contributed by atoms with E-state index >= 15 is 0 Å². The van der Waals surface area contributed by atoms with Crippen LogP contribution < -0.4 is 5.56 Å². The number of esters is 1. The summed E-state index contributed by atoms with van der Waals surface area (Å²) in [5, 5.41) is 0.416. The number of thioether (sulfide) groups is 1. The molecule has 1 aromatic carbocycles. The number of carbonyl (C=O) groups excluding carboxylic acids is 1. The summed E-state index contributed by atoms with van der Waals surface area (Å²) >= 11 is 1.61. The van der Waals surface area contributed by atoms with E-state index in [1.165, 1.54) is 7.11 Å². The van der Waals surface area contributed by atoms with Crippen molar-refractivity contribution in [3.05, 3.63) is 40.4 Å². The molecule has 1 N–H and O–H groups in total. The number of nitrogens with one attached hydrogen (secondary N) is 1. The molecule has 0 saturated carbocycles. The predicted molar refractivity (Wildman–Crippen MR) is 85.9 cm³/mol. The third kappa shape index (κ3) is 3.15. The summed E-state index contributed by atoms with van der Waals surface area (Å²) in [5.74, 6) is 1.28. The molecule has 6 nitrogen and oxygen atoms in total. The molecule has 0 unspecified atom stereocenters. The normalized spacial score (nSPS) is 19.2. The molecule has 22 heavy (non-hydrogen) atoms. The number of aromatic nitrogens is 2. The molecule has 1 saturated heterocycles. The molecule has 7 heteroatoms. The summed E-state index contributed by atoms with van der Waals surface area (Å²) in [4.78, 5) is 33.2. The molecule has 0 amide bonds. The molecular formula is C15H17N3O3S. The van der Waals surface area contributed by atoms with Crippen LogP contribution in [0.4, 0.5) is 0 Å². The maximum absolute atomic E-state index is 12.1. The summed E-state index contributed by atoms with van der Waals surface area (Å²) in [6.45, 7) is 1.98. The summed E-state index contributed by atoms with van der Waals surface area (Å²) < 4.78 is 4.81. The number of hydrogen-bond acceptors (Lipinski definition) is 6. The number of para-hydroxylation sites is 1. The van der Waals surface area contributed by atoms with Crippen LogP contribution in [-0.4, -0.2) is 52.0 Å². The molecule has 3 rings (SSSR count). The molecule has 2 aromatic rings. The predicted octanol–water partition coefficient (Wildman–Crippen LogP) is 1.01. The van der Waals surface area contributed by atoms with Crippen LogP contribution in [0.1, 0.15) is 5.82 Å². The molecule has 0 spiro atoms. The minimum absolute atomic E-state index is 0.128. The number of nitrogens with zero attached hydrogens (tertiary/aromatic N) is 2. The average Bonchev–Trinajstić information content (AvgIpc) is 2.54. The van der Waals surface area contributed by atoms with E-state index in [0.29, 0.717) is 29.8 Å². The van der Waals surface area contributed by atoms with Crippen molar-refractivity contribution in [1.29, 1.82) is 0 Å². The van der Waals surface area contributed by atoms with E-state index in [9.17, 15) is 9.59 Å². The zero-order chi connectivity index (χ0) is 15.5. The molecule has 1 aromatic heterocycles. The molecule has 2 heterocycles. The Hall–Kier alpha value is -1.86. The van der Waals surface area contributed by atoms with Crippen molar-refractivity contribution in [2.24, 2.45) is 0 Å². The Morgan fingerprint density at radius 3 is 3.14 bits per heavy atom. The first-order valence-electron chi connectivity index (χ1n) is 7.07. The number of rotatable bonds is 3. The highest BCUT2D eigenvalue weighted by Gasteiger charge is 2.27. The Bertz CT molecular complexity index is 746. The molecular weight excluding hydrogens is 302 g/mol. The largest absolute Gasteiger partial charge is 0.468 e. The molecule has 0 aliphatic carbocycles. The van der Waals surface area contributed by atoms with Gasteiger partial charge in [-0.05, 0) is 12.1 Å². The highest BCUT2D eigenvalue weighted by molar-refractivity contribution is 8.00. The van der Waals surface area contributed by atoms with Crippen molar-refractivity contribution in [2.45, 2.75) is 11.8 Å². The van der Waals surface area contributed by atoms with Gasteiger partial charge in [-0.25, -0.2) is 4.98 Å². The fourth-order valence-corrected chi connectivity index (χ4v) is 3.74. The minimum atomic E-state index is -0.199. The number of benzene rings is 1. The van der Waals surface area contributed by atoms with Gasteiger partial charge in [-0.15, -0.1) is 11.8 Å². The number of carbonyl (C=O) groups is 1. The Morgan fingerprint density at radius 1 is 1.50 bits per heavy atom. The molecule has 1 aliphatic rings. The Balaban J connectivity index is 1.78. The third-order valence-electron chi connectivity index (χ3n) is 3.65. The van der Waals surface area contributed by atoms with Crippen molar-refractivity contribution >= 4 is 28.6 Å². The van der Waals surface area contributed by atoms with Crippen LogP contribution >= 0.6 is 11.8 Å². The number of fused-ring (bicyclic) bond motifs is 1. The molecule has 0 bridgehead atoms. The van der Waals surface area contributed by atoms with Gasteiger partial charge in [0.05, 0.1) is 24.6 Å². The summed E-state index contributed by atoms with van der Waals surface area (Å²) in [5.41, 5.74) is 0.564. The van der Waals surface area contributed by atoms with E-state index in [-0.39, 0.29) is 16.8 Å². The van der Waals surface area contributed by atoms with Gasteiger partial charge in [0.2, 0.25) is 0 Å². The van der Waals surface area contributed by atoms with Crippen LogP contribution in [0.15, 0.2) is 29.1 Å². The highest BCUT2D eigenvalue weighted by Crippen LogP contribution is 2.20. The maximum atomic E-state index is 12.1. The lowest BCUT2D eigenvalue weighted by Gasteiger charge is -2.30. The standard InChI is InChI=1S/C15H17N3O3S/c1-21-15(20)12-8-18(6-7-22-12)9-13-16-11-5-3-2-4-10(11)14(19)17-13/h2-5,12H,6-9H2,1H3,(H,16,17,19)/t12-/m0/s1. The number of methoxy groups -OCH3 is 1. The third-order valence-corrected chi connectivity index (χ3v) is 4.81. The zero-order valence-corrected chi connectivity index (χ0v) is 13.1. The van der Waals surface area contributed by atoms with Gasteiger partial charge < -0.3 is 9.72 Å². The van der Waals surface area contributed by atoms with Crippen LogP contribution in [0.5, 0.6) is 0 Å². The van der Waals surface area contributed by atoms with Crippen molar-refractivity contribution < 1.29 is 9.53 Å². The lowest BCUT2D eigenvalue weighted by Crippen LogP contribution is -2.41. The molecule has 1 aliphatic heterocycles. The van der Waals surface area contributed by atoms with E-state index in [1.54, 1.807) is 17.8 Å². The lowest BCUT2D eigenvalue weighted by molar-refractivity contribution is -0.140. The second kappa shape index (κ2) is 6.50. The second-order valence-corrected chi connectivity index (χ2v) is 6.46. The van der Waals surface area contributed by atoms with E-state index in [1.807, 2.05) is 18.2 Å².